The summed E-state index contributed by atoms with van der Waals surface area (Å²) in [4.78, 5) is 23.9. The van der Waals surface area contributed by atoms with Crippen LogP contribution < -0.4 is 9.04 Å². The fourth-order valence-electron chi connectivity index (χ4n) is 3.59. The van der Waals surface area contributed by atoms with Gasteiger partial charge in [-0.15, -0.1) is 11.3 Å². The van der Waals surface area contributed by atoms with Crippen LogP contribution in [0.25, 0.3) is 0 Å². The van der Waals surface area contributed by atoms with Crippen molar-refractivity contribution >= 4 is 33.0 Å². The van der Waals surface area contributed by atoms with E-state index < -0.39 is 10.0 Å². The van der Waals surface area contributed by atoms with Crippen LogP contribution in [-0.2, 0) is 10.0 Å². The van der Waals surface area contributed by atoms with Gasteiger partial charge in [-0.2, -0.15) is 0 Å². The number of rotatable bonds is 6. The maximum Gasteiger partial charge on any atom is 0.265 e. The minimum absolute atomic E-state index is 0.0235. The number of carbonyl (C=O) groups excluding carboxylic acids is 1. The number of likely N-dealkylation sites (tertiary alicyclic amines) is 1. The second-order valence-electron chi connectivity index (χ2n) is 7.82. The van der Waals surface area contributed by atoms with Gasteiger partial charge in [-0.1, -0.05) is 0 Å². The average Bonchev–Trinajstić information content (AvgIpc) is 3.53. The van der Waals surface area contributed by atoms with Gasteiger partial charge >= 0.3 is 0 Å². The van der Waals surface area contributed by atoms with Crippen LogP contribution in [0.3, 0.4) is 0 Å². The number of thiazole rings is 1. The van der Waals surface area contributed by atoms with Gasteiger partial charge in [0.05, 0.1) is 27.8 Å². The largest absolute Gasteiger partial charge is 0.474 e. The molecule has 0 unspecified atom stereocenters. The maximum atomic E-state index is 12.7. The fourth-order valence-corrected chi connectivity index (χ4v) is 6.05. The Morgan fingerprint density at radius 1 is 1.20 bits per heavy atom. The van der Waals surface area contributed by atoms with E-state index >= 15 is 0 Å². The molecule has 2 aromatic rings. The number of hydrogen-bond acceptors (Lipinski definition) is 7. The predicted molar refractivity (Wildman–Crippen MR) is 116 cm³/mol. The molecule has 162 valence electrons. The monoisotopic (exact) mass is 450 g/mol. The van der Waals surface area contributed by atoms with Crippen LogP contribution in [0.15, 0.2) is 18.3 Å². The molecule has 2 aliphatic rings. The highest BCUT2D eigenvalue weighted by molar-refractivity contribution is 7.93. The van der Waals surface area contributed by atoms with Crippen LogP contribution in [-0.4, -0.2) is 60.7 Å². The third kappa shape index (κ3) is 4.29. The molecule has 3 heterocycles. The number of piperidine rings is 1. The molecule has 0 N–H and O–H groups in total. The quantitative estimate of drug-likeness (QED) is 0.672. The van der Waals surface area contributed by atoms with Gasteiger partial charge in [-0.25, -0.2) is 18.4 Å². The highest BCUT2D eigenvalue weighted by Gasteiger charge is 2.39. The molecular weight excluding hydrogens is 424 g/mol. The maximum absolute atomic E-state index is 12.7. The van der Waals surface area contributed by atoms with Gasteiger partial charge in [0.1, 0.15) is 11.0 Å². The topological polar surface area (TPSA) is 92.7 Å². The first-order valence-corrected chi connectivity index (χ1v) is 12.4. The summed E-state index contributed by atoms with van der Waals surface area (Å²) in [5, 5.41) is 0.642. The van der Waals surface area contributed by atoms with Crippen molar-refractivity contribution in [3.8, 4) is 5.88 Å². The lowest BCUT2D eigenvalue weighted by Gasteiger charge is -2.31. The second-order valence-corrected chi connectivity index (χ2v) is 11.3. The van der Waals surface area contributed by atoms with E-state index in [0.29, 0.717) is 24.7 Å². The van der Waals surface area contributed by atoms with Crippen molar-refractivity contribution in [2.45, 2.75) is 50.9 Å². The lowest BCUT2D eigenvalue weighted by Crippen LogP contribution is -2.41. The molecule has 2 aromatic heterocycles. The Morgan fingerprint density at radius 2 is 1.90 bits per heavy atom. The number of amides is 1. The Morgan fingerprint density at radius 3 is 2.43 bits per heavy atom. The number of ether oxygens (including phenoxy) is 1. The summed E-state index contributed by atoms with van der Waals surface area (Å²) in [6, 6.07) is 3.42. The fraction of sp³-hybridized carbons (Fsp3) is 0.550. The third-order valence-corrected chi connectivity index (χ3v) is 8.88. The van der Waals surface area contributed by atoms with Crippen molar-refractivity contribution in [3.05, 3.63) is 33.9 Å². The van der Waals surface area contributed by atoms with Crippen molar-refractivity contribution in [1.82, 2.24) is 14.9 Å². The third-order valence-electron chi connectivity index (χ3n) is 5.53. The second kappa shape index (κ2) is 8.14. The van der Waals surface area contributed by atoms with Crippen molar-refractivity contribution in [2.75, 3.05) is 24.4 Å². The standard InChI is InChI=1S/C20H26N4O4S2/c1-13-19(29-14(2)22-13)20(25)24-10-8-16(9-11-24)28-18-7-4-15(12-21-18)23(3)30(26,27)17-5-6-17/h4,7,12,16-17H,5-6,8-11H2,1-3H3. The highest BCUT2D eigenvalue weighted by atomic mass is 32.2. The van der Waals surface area contributed by atoms with Crippen LogP contribution in [0.5, 0.6) is 5.88 Å². The van der Waals surface area contributed by atoms with E-state index in [1.165, 1.54) is 21.8 Å². The highest BCUT2D eigenvalue weighted by Crippen LogP contribution is 2.33. The van der Waals surface area contributed by atoms with Gasteiger partial charge in [0.15, 0.2) is 0 Å². The zero-order valence-corrected chi connectivity index (χ0v) is 19.0. The SMILES string of the molecule is Cc1nc(C)c(C(=O)N2CCC(Oc3ccc(N(C)S(=O)(=O)C4CC4)cn3)CC2)s1. The lowest BCUT2D eigenvalue weighted by molar-refractivity contribution is 0.0591. The molecule has 1 saturated heterocycles. The van der Waals surface area contributed by atoms with Gasteiger partial charge in [0.2, 0.25) is 15.9 Å². The zero-order chi connectivity index (χ0) is 21.5. The average molecular weight is 451 g/mol. The van der Waals surface area contributed by atoms with Crippen molar-refractivity contribution in [1.29, 1.82) is 0 Å². The van der Waals surface area contributed by atoms with Crippen LogP contribution in [0.4, 0.5) is 5.69 Å². The number of aryl methyl sites for hydroxylation is 2. The molecule has 10 heteroatoms. The molecule has 30 heavy (non-hydrogen) atoms. The first-order chi connectivity index (χ1) is 14.3. The van der Waals surface area contributed by atoms with Crippen LogP contribution in [0, 0.1) is 13.8 Å². The number of carbonyl (C=O) groups is 1. The molecule has 1 aliphatic carbocycles. The van der Waals surface area contributed by atoms with Gasteiger partial charge in [0, 0.05) is 39.0 Å². The van der Waals surface area contributed by atoms with Gasteiger partial charge in [-0.05, 0) is 32.8 Å². The Kier molecular flexibility index (Phi) is 5.71. The first kappa shape index (κ1) is 21.0. The normalized spacial score (nSPS) is 17.8. The molecule has 0 bridgehead atoms. The van der Waals surface area contributed by atoms with E-state index in [1.54, 1.807) is 19.2 Å². The Bertz CT molecular complexity index is 1020. The molecule has 1 aliphatic heterocycles. The van der Waals surface area contributed by atoms with Crippen LogP contribution in [0.2, 0.25) is 0 Å². The van der Waals surface area contributed by atoms with Crippen molar-refractivity contribution < 1.29 is 17.9 Å². The summed E-state index contributed by atoms with van der Waals surface area (Å²) in [5.74, 6) is 0.508. The number of hydrogen-bond donors (Lipinski definition) is 0. The Balaban J connectivity index is 1.32. The summed E-state index contributed by atoms with van der Waals surface area (Å²) < 4.78 is 31.9. The summed E-state index contributed by atoms with van der Waals surface area (Å²) in [5.41, 5.74) is 1.32. The molecule has 4 rings (SSSR count). The smallest absolute Gasteiger partial charge is 0.265 e. The van der Waals surface area contributed by atoms with Crippen molar-refractivity contribution in [3.63, 3.8) is 0 Å². The van der Waals surface area contributed by atoms with Gasteiger partial charge < -0.3 is 9.64 Å². The number of sulfonamides is 1. The van der Waals surface area contributed by atoms with E-state index in [2.05, 4.69) is 9.97 Å². The molecule has 0 atom stereocenters. The number of anilines is 1. The summed E-state index contributed by atoms with van der Waals surface area (Å²) in [6.07, 6.45) is 4.41. The predicted octanol–water partition coefficient (Wildman–Crippen LogP) is 2.77. The van der Waals surface area contributed by atoms with E-state index in [9.17, 15) is 13.2 Å². The van der Waals surface area contributed by atoms with Gasteiger partial charge in [-0.3, -0.25) is 9.10 Å². The molecule has 0 spiro atoms. The van der Waals surface area contributed by atoms with Gasteiger partial charge in [0.25, 0.3) is 5.91 Å². The van der Waals surface area contributed by atoms with E-state index in [-0.39, 0.29) is 17.3 Å². The molecular formula is C20H26N4O4S2. The zero-order valence-electron chi connectivity index (χ0n) is 17.4. The molecule has 1 saturated carbocycles. The molecule has 8 nitrogen and oxygen atoms in total. The lowest BCUT2D eigenvalue weighted by atomic mass is 10.1. The minimum atomic E-state index is -3.29. The number of aromatic nitrogens is 2. The summed E-state index contributed by atoms with van der Waals surface area (Å²) in [7, 11) is -1.73. The summed E-state index contributed by atoms with van der Waals surface area (Å²) in [6.45, 7) is 5.03. The minimum Gasteiger partial charge on any atom is -0.474 e. The van der Waals surface area contributed by atoms with Crippen LogP contribution in [0.1, 0.15) is 46.1 Å². The number of nitrogens with zero attached hydrogens (tertiary/aromatic N) is 4. The van der Waals surface area contributed by atoms with E-state index in [4.69, 9.17) is 4.74 Å². The summed E-state index contributed by atoms with van der Waals surface area (Å²) >= 11 is 1.44. The first-order valence-electron chi connectivity index (χ1n) is 10.1. The molecule has 0 radical (unpaired) electrons. The number of pyridine rings is 1. The molecule has 0 aromatic carbocycles. The molecule has 2 fully saturated rings. The van der Waals surface area contributed by atoms with E-state index in [1.807, 2.05) is 18.7 Å². The Hall–Kier alpha value is -2.20. The van der Waals surface area contributed by atoms with Crippen molar-refractivity contribution in [2.24, 2.45) is 0 Å². The Labute approximate surface area is 180 Å². The van der Waals surface area contributed by atoms with Crippen LogP contribution >= 0.6 is 11.3 Å². The molecule has 1 amide bonds. The van der Waals surface area contributed by atoms with E-state index in [0.717, 1.165) is 41.3 Å².